The quantitative estimate of drug-likeness (QED) is 0.760. The second kappa shape index (κ2) is 7.01. The molecule has 0 aliphatic carbocycles. The van der Waals surface area contributed by atoms with Gasteiger partial charge in [-0.05, 0) is 29.8 Å². The standard InChI is InChI=1S/C14H13ClFN3O2/c15-13-11(2-1-7-17-13)19-14(21)18-8-12(20)9-3-5-10(16)6-4-9/h1-7,12,20H,8H2,(H2,18,19,21). The van der Waals surface area contributed by atoms with E-state index in [-0.39, 0.29) is 17.5 Å². The smallest absolute Gasteiger partial charge is 0.319 e. The summed E-state index contributed by atoms with van der Waals surface area (Å²) < 4.78 is 12.8. The molecule has 7 heteroatoms. The van der Waals surface area contributed by atoms with E-state index in [4.69, 9.17) is 11.6 Å². The predicted octanol–water partition coefficient (Wildman–Crippen LogP) is 2.73. The third-order valence-corrected chi connectivity index (χ3v) is 3.02. The fourth-order valence-corrected chi connectivity index (χ4v) is 1.80. The summed E-state index contributed by atoms with van der Waals surface area (Å²) in [6.45, 7) is -0.0185. The molecular formula is C14H13ClFN3O2. The van der Waals surface area contributed by atoms with Gasteiger partial charge in [-0.3, -0.25) is 0 Å². The minimum atomic E-state index is -0.930. The van der Waals surface area contributed by atoms with Crippen LogP contribution in [0, 0.1) is 5.82 Å². The maximum Gasteiger partial charge on any atom is 0.319 e. The summed E-state index contributed by atoms with van der Waals surface area (Å²) in [7, 11) is 0. The number of carbonyl (C=O) groups excluding carboxylic acids is 1. The Kier molecular flexibility index (Phi) is 5.08. The summed E-state index contributed by atoms with van der Waals surface area (Å²) in [5.74, 6) is -0.386. The van der Waals surface area contributed by atoms with Crippen LogP contribution in [0.25, 0.3) is 0 Å². The Morgan fingerprint density at radius 2 is 2.05 bits per heavy atom. The van der Waals surface area contributed by atoms with Crippen LogP contribution in [-0.4, -0.2) is 22.7 Å². The summed E-state index contributed by atoms with van der Waals surface area (Å²) in [5.41, 5.74) is 0.879. The van der Waals surface area contributed by atoms with Crippen molar-refractivity contribution in [2.24, 2.45) is 0 Å². The molecule has 1 atom stereocenters. The third kappa shape index (κ3) is 4.40. The first-order valence-electron chi connectivity index (χ1n) is 6.15. The topological polar surface area (TPSA) is 74.2 Å². The molecule has 0 aliphatic rings. The number of benzene rings is 1. The molecule has 0 radical (unpaired) electrons. The van der Waals surface area contributed by atoms with Crippen molar-refractivity contribution in [3.8, 4) is 0 Å². The SMILES string of the molecule is O=C(NCC(O)c1ccc(F)cc1)Nc1cccnc1Cl. The van der Waals surface area contributed by atoms with Gasteiger partial charge < -0.3 is 15.7 Å². The number of carbonyl (C=O) groups is 1. The van der Waals surface area contributed by atoms with Crippen molar-refractivity contribution in [3.05, 3.63) is 59.1 Å². The van der Waals surface area contributed by atoms with Crippen molar-refractivity contribution in [2.45, 2.75) is 6.10 Å². The second-order valence-electron chi connectivity index (χ2n) is 4.24. The highest BCUT2D eigenvalue weighted by molar-refractivity contribution is 6.32. The summed E-state index contributed by atoms with van der Waals surface area (Å²) in [6, 6.07) is 8.11. The zero-order valence-corrected chi connectivity index (χ0v) is 11.6. The number of amides is 2. The Bertz CT molecular complexity index is 622. The zero-order valence-electron chi connectivity index (χ0n) is 10.9. The van der Waals surface area contributed by atoms with Gasteiger partial charge in [0.05, 0.1) is 11.8 Å². The van der Waals surface area contributed by atoms with E-state index < -0.39 is 12.1 Å². The van der Waals surface area contributed by atoms with Crippen LogP contribution < -0.4 is 10.6 Å². The van der Waals surface area contributed by atoms with Gasteiger partial charge >= 0.3 is 6.03 Å². The largest absolute Gasteiger partial charge is 0.387 e. The molecule has 0 bridgehead atoms. The molecule has 0 saturated heterocycles. The molecule has 1 unspecified atom stereocenters. The van der Waals surface area contributed by atoms with Gasteiger partial charge in [0.25, 0.3) is 0 Å². The van der Waals surface area contributed by atoms with Gasteiger partial charge in [-0.25, -0.2) is 14.2 Å². The lowest BCUT2D eigenvalue weighted by Crippen LogP contribution is -2.32. The lowest BCUT2D eigenvalue weighted by atomic mass is 10.1. The lowest BCUT2D eigenvalue weighted by Gasteiger charge is -2.13. The number of urea groups is 1. The molecule has 21 heavy (non-hydrogen) atoms. The molecule has 110 valence electrons. The van der Waals surface area contributed by atoms with Crippen LogP contribution >= 0.6 is 11.6 Å². The molecule has 0 saturated carbocycles. The molecule has 2 rings (SSSR count). The van der Waals surface area contributed by atoms with Crippen LogP contribution in [-0.2, 0) is 0 Å². The molecule has 2 amide bonds. The van der Waals surface area contributed by atoms with Gasteiger partial charge in [0.2, 0.25) is 0 Å². The Balaban J connectivity index is 1.86. The van der Waals surface area contributed by atoms with E-state index in [9.17, 15) is 14.3 Å². The zero-order chi connectivity index (χ0) is 15.2. The van der Waals surface area contributed by atoms with Crippen LogP contribution in [0.4, 0.5) is 14.9 Å². The van der Waals surface area contributed by atoms with Gasteiger partial charge in [0.1, 0.15) is 5.82 Å². The number of nitrogens with zero attached hydrogens (tertiary/aromatic N) is 1. The molecule has 3 N–H and O–H groups in total. The van der Waals surface area contributed by atoms with Crippen LogP contribution in [0.1, 0.15) is 11.7 Å². The minimum absolute atomic E-state index is 0.0185. The monoisotopic (exact) mass is 309 g/mol. The van der Waals surface area contributed by atoms with Crippen molar-refractivity contribution in [2.75, 3.05) is 11.9 Å². The first-order chi connectivity index (χ1) is 10.1. The van der Waals surface area contributed by atoms with Crippen molar-refractivity contribution in [1.82, 2.24) is 10.3 Å². The summed E-state index contributed by atoms with van der Waals surface area (Å²) in [6.07, 6.45) is 0.574. The van der Waals surface area contributed by atoms with Crippen molar-refractivity contribution in [3.63, 3.8) is 0 Å². The van der Waals surface area contributed by atoms with E-state index >= 15 is 0 Å². The highest BCUT2D eigenvalue weighted by Crippen LogP contribution is 2.17. The van der Waals surface area contributed by atoms with Gasteiger partial charge in [0, 0.05) is 12.7 Å². The Morgan fingerprint density at radius 1 is 1.33 bits per heavy atom. The van der Waals surface area contributed by atoms with E-state index in [1.807, 2.05) is 0 Å². The normalized spacial score (nSPS) is 11.8. The minimum Gasteiger partial charge on any atom is -0.387 e. The summed E-state index contributed by atoms with van der Waals surface area (Å²) >= 11 is 5.80. The number of rotatable bonds is 4. The van der Waals surface area contributed by atoms with Gasteiger partial charge in [-0.2, -0.15) is 0 Å². The molecule has 2 aromatic rings. The van der Waals surface area contributed by atoms with E-state index in [0.29, 0.717) is 11.3 Å². The van der Waals surface area contributed by atoms with Crippen molar-refractivity contribution < 1.29 is 14.3 Å². The molecule has 1 heterocycles. The highest BCUT2D eigenvalue weighted by Gasteiger charge is 2.10. The van der Waals surface area contributed by atoms with Crippen LogP contribution in [0.5, 0.6) is 0 Å². The third-order valence-electron chi connectivity index (χ3n) is 2.72. The van der Waals surface area contributed by atoms with E-state index in [1.165, 1.54) is 30.5 Å². The average molecular weight is 310 g/mol. The number of pyridine rings is 1. The number of aromatic nitrogens is 1. The fourth-order valence-electron chi connectivity index (χ4n) is 1.64. The van der Waals surface area contributed by atoms with E-state index in [1.54, 1.807) is 12.1 Å². The Hall–Kier alpha value is -2.18. The number of hydrogen-bond donors (Lipinski definition) is 3. The molecule has 1 aromatic carbocycles. The molecule has 0 spiro atoms. The van der Waals surface area contributed by atoms with Crippen LogP contribution in [0.2, 0.25) is 5.15 Å². The Labute approximate surface area is 125 Å². The first kappa shape index (κ1) is 15.2. The molecule has 0 aliphatic heterocycles. The van der Waals surface area contributed by atoms with Crippen LogP contribution in [0.15, 0.2) is 42.6 Å². The number of hydrogen-bond acceptors (Lipinski definition) is 3. The number of aliphatic hydroxyl groups excluding tert-OH is 1. The number of nitrogens with one attached hydrogen (secondary N) is 2. The highest BCUT2D eigenvalue weighted by atomic mass is 35.5. The number of aliphatic hydroxyl groups is 1. The van der Waals surface area contributed by atoms with E-state index in [2.05, 4.69) is 15.6 Å². The van der Waals surface area contributed by atoms with Gasteiger partial charge in [0.15, 0.2) is 5.15 Å². The molecule has 1 aromatic heterocycles. The number of halogens is 2. The molecular weight excluding hydrogens is 297 g/mol. The predicted molar refractivity (Wildman–Crippen MR) is 77.6 cm³/mol. The molecule has 5 nitrogen and oxygen atoms in total. The maximum absolute atomic E-state index is 12.8. The first-order valence-corrected chi connectivity index (χ1v) is 6.53. The molecule has 0 fully saturated rings. The van der Waals surface area contributed by atoms with Crippen molar-refractivity contribution >= 4 is 23.3 Å². The summed E-state index contributed by atoms with van der Waals surface area (Å²) in [5, 5.41) is 15.1. The lowest BCUT2D eigenvalue weighted by molar-refractivity contribution is 0.175. The van der Waals surface area contributed by atoms with Gasteiger partial charge in [-0.1, -0.05) is 23.7 Å². The Morgan fingerprint density at radius 3 is 2.71 bits per heavy atom. The summed E-state index contributed by atoms with van der Waals surface area (Å²) in [4.78, 5) is 15.5. The van der Waals surface area contributed by atoms with Crippen molar-refractivity contribution in [1.29, 1.82) is 0 Å². The van der Waals surface area contributed by atoms with Gasteiger partial charge in [-0.15, -0.1) is 0 Å². The van der Waals surface area contributed by atoms with Crippen LogP contribution in [0.3, 0.4) is 0 Å². The average Bonchev–Trinajstić information content (AvgIpc) is 2.48. The fraction of sp³-hybridized carbons (Fsp3) is 0.143. The number of anilines is 1. The second-order valence-corrected chi connectivity index (χ2v) is 4.60. The van der Waals surface area contributed by atoms with E-state index in [0.717, 1.165) is 0 Å². The maximum atomic E-state index is 12.8.